The molecule has 1 saturated carbocycles. The molecule has 1 aliphatic carbocycles. The Balaban J connectivity index is 1.65. The van der Waals surface area contributed by atoms with Crippen LogP contribution in [0.3, 0.4) is 0 Å². The highest BCUT2D eigenvalue weighted by Crippen LogP contribution is 2.42. The van der Waals surface area contributed by atoms with Crippen LogP contribution in [0.2, 0.25) is 0 Å². The predicted octanol–water partition coefficient (Wildman–Crippen LogP) is 5.31. The van der Waals surface area contributed by atoms with Gasteiger partial charge in [-0.25, -0.2) is 10.5 Å². The number of ether oxygens (including phenoxy) is 1. The molecule has 0 aliphatic heterocycles. The van der Waals surface area contributed by atoms with E-state index < -0.39 is 5.91 Å². The number of carbonyl (C=O) groups is 1. The maximum absolute atomic E-state index is 11.3. The van der Waals surface area contributed by atoms with Gasteiger partial charge in [0.05, 0.1) is 5.56 Å². The maximum Gasteiger partial charge on any atom is 0.276 e. The van der Waals surface area contributed by atoms with Gasteiger partial charge in [0.1, 0.15) is 5.75 Å². The van der Waals surface area contributed by atoms with Gasteiger partial charge in [-0.2, -0.15) is 0 Å². The molecule has 0 radical (unpaired) electrons. The molecular formula is C22H28N2O3. The minimum atomic E-state index is -0.596. The first kappa shape index (κ1) is 19.4. The van der Waals surface area contributed by atoms with Gasteiger partial charge in [-0.1, -0.05) is 45.2 Å². The lowest BCUT2D eigenvalue weighted by Gasteiger charge is -2.34. The molecule has 1 fully saturated rings. The number of amides is 1. The fourth-order valence-corrected chi connectivity index (χ4v) is 4.09. The molecule has 2 N–H and O–H groups in total. The summed E-state index contributed by atoms with van der Waals surface area (Å²) in [7, 11) is 0. The van der Waals surface area contributed by atoms with E-state index in [4.69, 9.17) is 9.94 Å². The van der Waals surface area contributed by atoms with Crippen molar-refractivity contribution in [1.82, 2.24) is 10.5 Å². The molecule has 5 heteroatoms. The fourth-order valence-electron chi connectivity index (χ4n) is 4.09. The van der Waals surface area contributed by atoms with E-state index in [1.807, 2.05) is 12.1 Å². The topological polar surface area (TPSA) is 71.5 Å². The van der Waals surface area contributed by atoms with Crippen molar-refractivity contribution in [1.29, 1.82) is 0 Å². The number of benzene rings is 1. The van der Waals surface area contributed by atoms with Gasteiger partial charge in [0, 0.05) is 12.3 Å². The molecule has 2 aromatic rings. The molecule has 3 unspecified atom stereocenters. The second kappa shape index (κ2) is 9.00. The van der Waals surface area contributed by atoms with Gasteiger partial charge in [0.25, 0.3) is 5.91 Å². The summed E-state index contributed by atoms with van der Waals surface area (Å²) >= 11 is 0. The number of rotatable bonds is 6. The Labute approximate surface area is 160 Å². The van der Waals surface area contributed by atoms with Crippen molar-refractivity contribution in [2.75, 3.05) is 0 Å². The first-order valence-corrected chi connectivity index (χ1v) is 9.79. The number of hydrogen-bond acceptors (Lipinski definition) is 4. The molecule has 1 aliphatic rings. The monoisotopic (exact) mass is 368 g/mol. The molecule has 144 valence electrons. The van der Waals surface area contributed by atoms with E-state index in [0.29, 0.717) is 11.8 Å². The molecule has 27 heavy (non-hydrogen) atoms. The highest BCUT2D eigenvalue weighted by Gasteiger charge is 2.28. The van der Waals surface area contributed by atoms with Gasteiger partial charge in [-0.3, -0.25) is 10.0 Å². The molecule has 3 rings (SSSR count). The van der Waals surface area contributed by atoms with E-state index in [2.05, 4.69) is 31.0 Å². The lowest BCUT2D eigenvalue weighted by Crippen LogP contribution is -2.21. The van der Waals surface area contributed by atoms with Crippen molar-refractivity contribution in [3.05, 3.63) is 53.7 Å². The van der Waals surface area contributed by atoms with Crippen molar-refractivity contribution >= 4 is 5.91 Å². The van der Waals surface area contributed by atoms with Crippen molar-refractivity contribution in [3.63, 3.8) is 0 Å². The third kappa shape index (κ3) is 4.86. The summed E-state index contributed by atoms with van der Waals surface area (Å²) in [6.45, 7) is 4.64. The summed E-state index contributed by atoms with van der Waals surface area (Å²) in [5, 5.41) is 8.63. The highest BCUT2D eigenvalue weighted by atomic mass is 16.5. The van der Waals surface area contributed by atoms with Crippen molar-refractivity contribution in [2.24, 2.45) is 11.8 Å². The fraction of sp³-hybridized carbons (Fsp3) is 0.455. The number of hydroxylamine groups is 1. The van der Waals surface area contributed by atoms with Crippen LogP contribution < -0.4 is 10.2 Å². The number of nitrogens with zero attached hydrogens (tertiary/aromatic N) is 1. The molecule has 0 spiro atoms. The van der Waals surface area contributed by atoms with Gasteiger partial charge < -0.3 is 4.74 Å². The Morgan fingerprint density at radius 3 is 2.63 bits per heavy atom. The predicted molar refractivity (Wildman–Crippen MR) is 104 cm³/mol. The number of hydrogen-bond donors (Lipinski definition) is 2. The van der Waals surface area contributed by atoms with Crippen LogP contribution in [0.5, 0.6) is 11.6 Å². The third-order valence-electron chi connectivity index (χ3n) is 5.63. The van der Waals surface area contributed by atoms with E-state index in [1.54, 1.807) is 17.6 Å². The van der Waals surface area contributed by atoms with Crippen LogP contribution in [0.4, 0.5) is 0 Å². The Kier molecular flexibility index (Phi) is 6.45. The Bertz CT molecular complexity index is 743. The SMILES string of the molecule is CCCC1CCC(C)C(c2ccc(Oc3ccc(C(=O)NO)cn3)cc2)C1. The third-order valence-corrected chi connectivity index (χ3v) is 5.63. The Morgan fingerprint density at radius 2 is 2.00 bits per heavy atom. The van der Waals surface area contributed by atoms with Gasteiger partial charge in [-0.15, -0.1) is 0 Å². The number of pyridine rings is 1. The minimum Gasteiger partial charge on any atom is -0.439 e. The van der Waals surface area contributed by atoms with E-state index in [0.717, 1.165) is 17.6 Å². The van der Waals surface area contributed by atoms with Crippen LogP contribution in [0, 0.1) is 11.8 Å². The lowest BCUT2D eigenvalue weighted by atomic mass is 9.71. The largest absolute Gasteiger partial charge is 0.439 e. The zero-order chi connectivity index (χ0) is 19.2. The molecule has 5 nitrogen and oxygen atoms in total. The maximum atomic E-state index is 11.3. The number of carbonyl (C=O) groups excluding carboxylic acids is 1. The van der Waals surface area contributed by atoms with Gasteiger partial charge in [-0.05, 0) is 54.4 Å². The van der Waals surface area contributed by atoms with Gasteiger partial charge >= 0.3 is 0 Å². The molecule has 1 aromatic heterocycles. The summed E-state index contributed by atoms with van der Waals surface area (Å²) in [6.07, 6.45) is 7.93. The van der Waals surface area contributed by atoms with E-state index >= 15 is 0 Å². The normalized spacial score (nSPS) is 22.3. The Hall–Kier alpha value is -2.40. The molecule has 1 heterocycles. The Morgan fingerprint density at radius 1 is 1.22 bits per heavy atom. The first-order valence-electron chi connectivity index (χ1n) is 9.79. The standard InChI is InChI=1S/C22H28N2O3/c1-3-4-16-6-5-15(2)20(13-16)17-7-10-19(11-8-17)27-21-12-9-18(14-23-21)22(25)24-26/h7-12,14-16,20,26H,3-6,13H2,1-2H3,(H,24,25). The molecule has 0 saturated heterocycles. The average Bonchev–Trinajstić information content (AvgIpc) is 2.70. The van der Waals surface area contributed by atoms with E-state index in [1.165, 1.54) is 43.9 Å². The molecule has 0 bridgehead atoms. The van der Waals surface area contributed by atoms with Crippen LogP contribution in [0.25, 0.3) is 0 Å². The van der Waals surface area contributed by atoms with Crippen molar-refractivity contribution in [2.45, 2.75) is 51.9 Å². The zero-order valence-electron chi connectivity index (χ0n) is 16.0. The van der Waals surface area contributed by atoms with Crippen LogP contribution >= 0.6 is 0 Å². The van der Waals surface area contributed by atoms with Crippen LogP contribution in [0.15, 0.2) is 42.6 Å². The summed E-state index contributed by atoms with van der Waals surface area (Å²) in [6, 6.07) is 11.5. The average molecular weight is 368 g/mol. The van der Waals surface area contributed by atoms with Crippen molar-refractivity contribution < 1.29 is 14.7 Å². The van der Waals surface area contributed by atoms with Crippen molar-refractivity contribution in [3.8, 4) is 11.6 Å². The summed E-state index contributed by atoms with van der Waals surface area (Å²) in [5.74, 6) is 2.73. The second-order valence-corrected chi connectivity index (χ2v) is 7.55. The quantitative estimate of drug-likeness (QED) is 0.535. The molecule has 1 aromatic carbocycles. The molecule has 3 atom stereocenters. The van der Waals surface area contributed by atoms with Gasteiger partial charge in [0.2, 0.25) is 5.88 Å². The van der Waals surface area contributed by atoms with Gasteiger partial charge in [0.15, 0.2) is 0 Å². The number of nitrogens with one attached hydrogen (secondary N) is 1. The second-order valence-electron chi connectivity index (χ2n) is 7.55. The zero-order valence-corrected chi connectivity index (χ0v) is 16.0. The first-order chi connectivity index (χ1) is 13.1. The number of aromatic nitrogens is 1. The summed E-state index contributed by atoms with van der Waals surface area (Å²) in [5.41, 5.74) is 3.24. The summed E-state index contributed by atoms with van der Waals surface area (Å²) in [4.78, 5) is 15.4. The minimum absolute atomic E-state index is 0.271. The molecule has 1 amide bonds. The molecular weight excluding hydrogens is 340 g/mol. The van der Waals surface area contributed by atoms with Crippen LogP contribution in [-0.2, 0) is 0 Å². The smallest absolute Gasteiger partial charge is 0.276 e. The lowest BCUT2D eigenvalue weighted by molar-refractivity contribution is 0.0706. The van der Waals surface area contributed by atoms with E-state index in [-0.39, 0.29) is 5.56 Å². The van der Waals surface area contributed by atoms with E-state index in [9.17, 15) is 4.79 Å². The highest BCUT2D eigenvalue weighted by molar-refractivity contribution is 5.92. The van der Waals surface area contributed by atoms with Crippen LogP contribution in [0.1, 0.15) is 67.8 Å². The van der Waals surface area contributed by atoms with Crippen LogP contribution in [-0.4, -0.2) is 16.1 Å². The summed E-state index contributed by atoms with van der Waals surface area (Å²) < 4.78 is 5.77.